The third-order valence-corrected chi connectivity index (χ3v) is 5.01. The molecular formula is C21H18FN5O2. The Bertz CT molecular complexity index is 1180. The van der Waals surface area contributed by atoms with Crippen LogP contribution >= 0.6 is 0 Å². The predicted molar refractivity (Wildman–Crippen MR) is 107 cm³/mol. The van der Waals surface area contributed by atoms with Gasteiger partial charge in [-0.05, 0) is 49.2 Å². The number of aromatic nitrogens is 3. The topological polar surface area (TPSA) is 76.2 Å². The maximum absolute atomic E-state index is 14.5. The van der Waals surface area contributed by atoms with Crippen molar-refractivity contribution in [1.29, 1.82) is 0 Å². The summed E-state index contributed by atoms with van der Waals surface area (Å²) in [7, 11) is 0. The number of carbonyl (C=O) groups is 1. The van der Waals surface area contributed by atoms with Crippen molar-refractivity contribution in [3.63, 3.8) is 0 Å². The highest BCUT2D eigenvalue weighted by molar-refractivity contribution is 6.02. The smallest absolute Gasteiger partial charge is 0.291 e. The van der Waals surface area contributed by atoms with Crippen molar-refractivity contribution in [2.45, 2.75) is 12.8 Å². The van der Waals surface area contributed by atoms with Crippen LogP contribution in [0.1, 0.15) is 23.4 Å². The molecule has 3 aromatic heterocycles. The van der Waals surface area contributed by atoms with Gasteiger partial charge in [0.1, 0.15) is 11.5 Å². The van der Waals surface area contributed by atoms with E-state index in [1.807, 2.05) is 6.07 Å². The van der Waals surface area contributed by atoms with Gasteiger partial charge >= 0.3 is 0 Å². The summed E-state index contributed by atoms with van der Waals surface area (Å²) in [5.41, 5.74) is 2.25. The number of anilines is 2. The van der Waals surface area contributed by atoms with Gasteiger partial charge in [0.15, 0.2) is 11.4 Å². The molecule has 8 heteroatoms. The summed E-state index contributed by atoms with van der Waals surface area (Å²) in [4.78, 5) is 18.9. The zero-order chi connectivity index (χ0) is 19.8. The second-order valence-corrected chi connectivity index (χ2v) is 6.97. The molecule has 0 bridgehead atoms. The maximum atomic E-state index is 14.5. The molecule has 0 saturated carbocycles. The SMILES string of the molecule is O=C(Nc1ccc(F)c(-n2cc3cc(N4CCCC4)cnc3n2)c1)c1ccco1. The van der Waals surface area contributed by atoms with Crippen LogP contribution in [-0.4, -0.2) is 33.8 Å². The summed E-state index contributed by atoms with van der Waals surface area (Å²) < 4.78 is 21.0. The lowest BCUT2D eigenvalue weighted by Gasteiger charge is -2.16. The molecule has 1 N–H and O–H groups in total. The highest BCUT2D eigenvalue weighted by Gasteiger charge is 2.16. The molecule has 0 aliphatic carbocycles. The fourth-order valence-corrected chi connectivity index (χ4v) is 3.54. The van der Waals surface area contributed by atoms with Crippen molar-refractivity contribution in [3.05, 3.63) is 66.6 Å². The summed E-state index contributed by atoms with van der Waals surface area (Å²) in [6.07, 6.45) is 7.33. The lowest BCUT2D eigenvalue weighted by molar-refractivity contribution is 0.0996. The van der Waals surface area contributed by atoms with Crippen molar-refractivity contribution in [3.8, 4) is 5.69 Å². The molecule has 5 rings (SSSR count). The van der Waals surface area contributed by atoms with Gasteiger partial charge in [-0.2, -0.15) is 0 Å². The lowest BCUT2D eigenvalue weighted by Crippen LogP contribution is -2.17. The Morgan fingerprint density at radius 3 is 2.83 bits per heavy atom. The van der Waals surface area contributed by atoms with Crippen LogP contribution in [-0.2, 0) is 0 Å². The van der Waals surface area contributed by atoms with Gasteiger partial charge in [-0.1, -0.05) is 0 Å². The number of halogens is 1. The molecule has 0 atom stereocenters. The summed E-state index contributed by atoms with van der Waals surface area (Å²) >= 11 is 0. The number of carbonyl (C=O) groups excluding carboxylic acids is 1. The summed E-state index contributed by atoms with van der Waals surface area (Å²) in [5.74, 6) is -0.678. The fraction of sp³-hybridized carbons (Fsp3) is 0.190. The molecule has 1 aliphatic rings. The molecule has 0 radical (unpaired) electrons. The van der Waals surface area contributed by atoms with E-state index in [1.165, 1.54) is 42.0 Å². The second-order valence-electron chi connectivity index (χ2n) is 6.97. The minimum atomic E-state index is -0.450. The average Bonchev–Trinajstić information content (AvgIpc) is 3.49. The van der Waals surface area contributed by atoms with E-state index in [4.69, 9.17) is 4.42 Å². The number of nitrogens with one attached hydrogen (secondary N) is 1. The number of hydrogen-bond acceptors (Lipinski definition) is 5. The van der Waals surface area contributed by atoms with Gasteiger partial charge in [-0.25, -0.2) is 14.1 Å². The van der Waals surface area contributed by atoms with Crippen LogP contribution in [0.2, 0.25) is 0 Å². The summed E-state index contributed by atoms with van der Waals surface area (Å²) in [6.45, 7) is 2.04. The Labute approximate surface area is 165 Å². The van der Waals surface area contributed by atoms with Crippen molar-refractivity contribution in [1.82, 2.24) is 14.8 Å². The highest BCUT2D eigenvalue weighted by Crippen LogP contribution is 2.25. The Morgan fingerprint density at radius 1 is 1.17 bits per heavy atom. The molecule has 1 saturated heterocycles. The minimum Gasteiger partial charge on any atom is -0.459 e. The number of rotatable bonds is 4. The number of furan rings is 1. The summed E-state index contributed by atoms with van der Waals surface area (Å²) in [5, 5.41) is 7.93. The van der Waals surface area contributed by atoms with E-state index in [0.29, 0.717) is 11.3 Å². The van der Waals surface area contributed by atoms with Crippen molar-refractivity contribution in [2.24, 2.45) is 0 Å². The molecule has 1 aromatic carbocycles. The quantitative estimate of drug-likeness (QED) is 0.569. The molecular weight excluding hydrogens is 373 g/mol. The van der Waals surface area contributed by atoms with Crippen LogP contribution in [0.25, 0.3) is 16.7 Å². The van der Waals surface area contributed by atoms with Gasteiger partial charge < -0.3 is 14.6 Å². The van der Waals surface area contributed by atoms with Gasteiger partial charge in [0.25, 0.3) is 5.91 Å². The van der Waals surface area contributed by atoms with Crippen LogP contribution in [0.15, 0.2) is 59.5 Å². The molecule has 4 aromatic rings. The standard InChI is InChI=1S/C21H18FN5O2/c22-17-6-5-15(24-21(28)19-4-3-9-29-19)11-18(17)27-13-14-10-16(12-23-20(14)25-27)26-7-1-2-8-26/h3-6,9-13H,1-2,7-8H2,(H,24,28). The van der Waals surface area contributed by atoms with Gasteiger partial charge in [0.2, 0.25) is 0 Å². The van der Waals surface area contributed by atoms with Crippen LogP contribution in [0.4, 0.5) is 15.8 Å². The molecule has 0 spiro atoms. The molecule has 0 unspecified atom stereocenters. The largest absolute Gasteiger partial charge is 0.459 e. The zero-order valence-electron chi connectivity index (χ0n) is 15.5. The Balaban J connectivity index is 1.46. The van der Waals surface area contributed by atoms with E-state index in [1.54, 1.807) is 24.5 Å². The molecule has 29 heavy (non-hydrogen) atoms. The normalized spacial score (nSPS) is 13.9. The highest BCUT2D eigenvalue weighted by atomic mass is 19.1. The number of nitrogens with zero attached hydrogens (tertiary/aromatic N) is 4. The fourth-order valence-electron chi connectivity index (χ4n) is 3.54. The number of amides is 1. The van der Waals surface area contributed by atoms with E-state index >= 15 is 0 Å². The van der Waals surface area contributed by atoms with E-state index in [0.717, 1.165) is 24.2 Å². The summed E-state index contributed by atoms with van der Waals surface area (Å²) in [6, 6.07) is 9.53. The number of fused-ring (bicyclic) bond motifs is 1. The van der Waals surface area contributed by atoms with Crippen molar-refractivity contribution >= 4 is 28.3 Å². The minimum absolute atomic E-state index is 0.180. The van der Waals surface area contributed by atoms with Gasteiger partial charge in [0.05, 0.1) is 18.1 Å². The van der Waals surface area contributed by atoms with Gasteiger partial charge in [-0.3, -0.25) is 4.79 Å². The Morgan fingerprint density at radius 2 is 2.03 bits per heavy atom. The first-order valence-corrected chi connectivity index (χ1v) is 9.42. The number of hydrogen-bond donors (Lipinski definition) is 1. The van der Waals surface area contributed by atoms with E-state index < -0.39 is 11.7 Å². The number of benzene rings is 1. The molecule has 7 nitrogen and oxygen atoms in total. The second kappa shape index (κ2) is 7.05. The zero-order valence-corrected chi connectivity index (χ0v) is 15.5. The molecule has 146 valence electrons. The molecule has 1 amide bonds. The number of pyridine rings is 1. The van der Waals surface area contributed by atoms with Crippen molar-refractivity contribution < 1.29 is 13.6 Å². The van der Waals surface area contributed by atoms with Crippen LogP contribution in [0, 0.1) is 5.82 Å². The van der Waals surface area contributed by atoms with Gasteiger partial charge in [0, 0.05) is 30.4 Å². The first-order chi connectivity index (χ1) is 14.2. The van der Waals surface area contributed by atoms with E-state index in [9.17, 15) is 9.18 Å². The lowest BCUT2D eigenvalue weighted by atomic mass is 10.2. The van der Waals surface area contributed by atoms with Crippen LogP contribution in [0.5, 0.6) is 0 Å². The monoisotopic (exact) mass is 391 g/mol. The Kier molecular flexibility index (Phi) is 4.23. The first-order valence-electron chi connectivity index (χ1n) is 9.42. The maximum Gasteiger partial charge on any atom is 0.291 e. The van der Waals surface area contributed by atoms with Crippen molar-refractivity contribution in [2.75, 3.05) is 23.3 Å². The van der Waals surface area contributed by atoms with E-state index in [-0.39, 0.29) is 11.4 Å². The van der Waals surface area contributed by atoms with Crippen LogP contribution < -0.4 is 10.2 Å². The Hall–Kier alpha value is -3.68. The molecule has 1 aliphatic heterocycles. The van der Waals surface area contributed by atoms with Gasteiger partial charge in [-0.15, -0.1) is 5.10 Å². The van der Waals surface area contributed by atoms with Crippen LogP contribution in [0.3, 0.4) is 0 Å². The third kappa shape index (κ3) is 3.33. The average molecular weight is 391 g/mol. The third-order valence-electron chi connectivity index (χ3n) is 5.01. The first kappa shape index (κ1) is 17.4. The molecule has 4 heterocycles. The predicted octanol–water partition coefficient (Wildman–Crippen LogP) is 4.01. The molecule has 1 fully saturated rings. The van der Waals surface area contributed by atoms with E-state index in [2.05, 4.69) is 20.3 Å².